The molecule has 1 N–H and O–H groups in total. The smallest absolute Gasteiger partial charge is 0.428 e. The van der Waals surface area contributed by atoms with Gasteiger partial charge in [0.05, 0.1) is 17.8 Å². The van der Waals surface area contributed by atoms with Gasteiger partial charge in [-0.1, -0.05) is 40.9 Å². The largest absolute Gasteiger partial charge is 0.452 e. The van der Waals surface area contributed by atoms with E-state index in [0.717, 1.165) is 25.3 Å². The molecule has 38 heavy (non-hydrogen) atoms. The molecule has 0 radical (unpaired) electrons. The predicted molar refractivity (Wildman–Crippen MR) is 136 cm³/mol. The Morgan fingerprint density at radius 3 is 2.26 bits per heavy atom. The van der Waals surface area contributed by atoms with Crippen LogP contribution in [0.4, 0.5) is 23.8 Å². The lowest BCUT2D eigenvalue weighted by Crippen LogP contribution is -2.42. The maximum Gasteiger partial charge on any atom is 0.428 e. The molecule has 1 atom stereocenters. The molecular formula is C25H17Cl3F3N3O4. The molecule has 0 aliphatic carbocycles. The molecule has 1 aliphatic heterocycles. The van der Waals surface area contributed by atoms with Crippen LogP contribution in [-0.2, 0) is 15.2 Å². The number of rotatable bonds is 4. The number of anilines is 1. The average Bonchev–Trinajstić information content (AvgIpc) is 3.32. The molecular weight excluding hydrogens is 570 g/mol. The zero-order chi connectivity index (χ0) is 27.8. The zero-order valence-electron chi connectivity index (χ0n) is 19.6. The van der Waals surface area contributed by atoms with Gasteiger partial charge in [-0.2, -0.15) is 18.1 Å². The lowest BCUT2D eigenvalue weighted by atomic mass is 9.91. The van der Waals surface area contributed by atoms with Crippen molar-refractivity contribution in [2.24, 2.45) is 0 Å². The number of imide groups is 1. The first-order valence-corrected chi connectivity index (χ1v) is 11.8. The van der Waals surface area contributed by atoms with Crippen molar-refractivity contribution in [1.82, 2.24) is 10.5 Å². The predicted octanol–water partition coefficient (Wildman–Crippen LogP) is 7.10. The number of methoxy groups -OCH3 is 1. The molecule has 0 saturated heterocycles. The summed E-state index contributed by atoms with van der Waals surface area (Å²) in [6, 6.07) is 10.6. The van der Waals surface area contributed by atoms with E-state index in [2.05, 4.69) is 10.5 Å². The van der Waals surface area contributed by atoms with Crippen LogP contribution >= 0.6 is 34.8 Å². The number of carbonyl (C=O) groups is 2. The number of halogens is 6. The van der Waals surface area contributed by atoms with E-state index in [9.17, 15) is 22.8 Å². The minimum atomic E-state index is -4.88. The van der Waals surface area contributed by atoms with Gasteiger partial charge in [0.2, 0.25) is 5.60 Å². The number of carbonyl (C=O) groups excluding carboxylic acids is 2. The monoisotopic (exact) mass is 585 g/mol. The second-order valence-electron chi connectivity index (χ2n) is 8.13. The molecule has 4 rings (SSSR count). The number of alkyl halides is 3. The minimum absolute atomic E-state index is 0.00521. The van der Waals surface area contributed by atoms with Gasteiger partial charge in [-0.25, -0.2) is 9.78 Å². The Morgan fingerprint density at radius 2 is 1.71 bits per heavy atom. The summed E-state index contributed by atoms with van der Waals surface area (Å²) in [6.45, 7) is 1.56. The van der Waals surface area contributed by atoms with Crippen molar-refractivity contribution in [2.75, 3.05) is 12.0 Å². The maximum absolute atomic E-state index is 14.3. The summed E-state index contributed by atoms with van der Waals surface area (Å²) < 4.78 is 47.6. The standard InChI is InChI=1S/C25H17Cl3F3N3O4/c1-13-7-14(3-5-19(13)22(35)34(23(36)37-2)21-6-4-16(26)12-32-21)20-11-24(38-33-20,25(29,30)31)15-8-17(27)10-18(28)9-15/h3-12,33H,1-2H3. The highest BCUT2D eigenvalue weighted by Gasteiger charge is 2.59. The number of hydroxylamine groups is 1. The summed E-state index contributed by atoms with van der Waals surface area (Å²) in [4.78, 5) is 35.5. The lowest BCUT2D eigenvalue weighted by Gasteiger charge is -2.28. The summed E-state index contributed by atoms with van der Waals surface area (Å²) in [5.74, 6) is -0.794. The molecule has 198 valence electrons. The molecule has 0 fully saturated rings. The lowest BCUT2D eigenvalue weighted by molar-refractivity contribution is -0.269. The minimum Gasteiger partial charge on any atom is -0.452 e. The summed E-state index contributed by atoms with van der Waals surface area (Å²) >= 11 is 17.7. The molecule has 13 heteroatoms. The van der Waals surface area contributed by atoms with Crippen molar-refractivity contribution >= 4 is 58.3 Å². The van der Waals surface area contributed by atoms with E-state index in [4.69, 9.17) is 44.4 Å². The highest BCUT2D eigenvalue weighted by molar-refractivity contribution is 6.34. The van der Waals surface area contributed by atoms with Gasteiger partial charge in [-0.15, -0.1) is 0 Å². The molecule has 0 bridgehead atoms. The van der Waals surface area contributed by atoms with Gasteiger partial charge in [0.25, 0.3) is 5.91 Å². The van der Waals surface area contributed by atoms with Gasteiger partial charge in [-0.05, 0) is 66.6 Å². The van der Waals surface area contributed by atoms with Crippen molar-refractivity contribution < 1.29 is 32.3 Å². The SMILES string of the molecule is COC(=O)N(C(=O)c1ccc(C2=CC(c3cc(Cl)cc(Cl)c3)(C(F)(F)F)ON2)cc1C)c1ccc(Cl)cn1. The molecule has 0 saturated carbocycles. The third-order valence-corrected chi connectivity index (χ3v) is 6.31. The van der Waals surface area contributed by atoms with Crippen molar-refractivity contribution in [2.45, 2.75) is 18.7 Å². The molecule has 1 aliphatic rings. The van der Waals surface area contributed by atoms with E-state index in [1.165, 1.54) is 42.6 Å². The van der Waals surface area contributed by atoms with Crippen molar-refractivity contribution in [1.29, 1.82) is 0 Å². The first-order valence-electron chi connectivity index (χ1n) is 10.7. The molecule has 2 aromatic carbocycles. The fourth-order valence-electron chi connectivity index (χ4n) is 3.82. The normalized spacial score (nSPS) is 17.0. The summed E-state index contributed by atoms with van der Waals surface area (Å²) in [6.07, 6.45) is -3.75. The molecule has 1 aromatic heterocycles. The van der Waals surface area contributed by atoms with E-state index in [-0.39, 0.29) is 38.3 Å². The molecule has 3 aromatic rings. The average molecular weight is 587 g/mol. The van der Waals surface area contributed by atoms with Gasteiger partial charge in [-0.3, -0.25) is 15.1 Å². The van der Waals surface area contributed by atoms with E-state index in [1.807, 2.05) is 0 Å². The second kappa shape index (κ2) is 10.5. The van der Waals surface area contributed by atoms with Crippen molar-refractivity contribution in [3.8, 4) is 0 Å². The summed E-state index contributed by atoms with van der Waals surface area (Å²) in [7, 11) is 1.10. The van der Waals surface area contributed by atoms with Gasteiger partial charge < -0.3 is 4.74 Å². The van der Waals surface area contributed by atoms with Crippen LogP contribution in [0.1, 0.15) is 27.0 Å². The Bertz CT molecular complexity index is 1430. The number of nitrogens with one attached hydrogen (secondary N) is 1. The topological polar surface area (TPSA) is 80.8 Å². The van der Waals surface area contributed by atoms with Crippen LogP contribution < -0.4 is 10.4 Å². The Kier molecular flexibility index (Phi) is 7.62. The molecule has 1 unspecified atom stereocenters. The third kappa shape index (κ3) is 5.17. The molecule has 7 nitrogen and oxygen atoms in total. The van der Waals surface area contributed by atoms with E-state index >= 15 is 0 Å². The summed E-state index contributed by atoms with van der Waals surface area (Å²) in [5.41, 5.74) is -0.155. The number of amides is 2. The van der Waals surface area contributed by atoms with Crippen LogP contribution in [0.2, 0.25) is 15.1 Å². The maximum atomic E-state index is 14.3. The fraction of sp³-hybridized carbons (Fsp3) is 0.160. The number of hydrogen-bond donors (Lipinski definition) is 1. The van der Waals surface area contributed by atoms with Crippen molar-refractivity contribution in [3.63, 3.8) is 0 Å². The first kappa shape index (κ1) is 27.7. The highest BCUT2D eigenvalue weighted by atomic mass is 35.5. The number of ether oxygens (including phenoxy) is 1. The fourth-order valence-corrected chi connectivity index (χ4v) is 4.46. The Morgan fingerprint density at radius 1 is 1.03 bits per heavy atom. The van der Waals surface area contributed by atoms with Crippen LogP contribution in [0.5, 0.6) is 0 Å². The number of pyridine rings is 1. The van der Waals surface area contributed by atoms with E-state index in [1.54, 1.807) is 6.92 Å². The van der Waals surface area contributed by atoms with Gasteiger partial charge in [0, 0.05) is 27.4 Å². The number of nitrogens with zero attached hydrogens (tertiary/aromatic N) is 2. The Hall–Kier alpha value is -3.31. The second-order valence-corrected chi connectivity index (χ2v) is 9.44. The van der Waals surface area contributed by atoms with Crippen LogP contribution in [0, 0.1) is 6.92 Å². The van der Waals surface area contributed by atoms with Crippen LogP contribution in [0.25, 0.3) is 5.70 Å². The Labute approximate surface area is 229 Å². The third-order valence-electron chi connectivity index (χ3n) is 5.65. The quantitative estimate of drug-likeness (QED) is 0.351. The summed E-state index contributed by atoms with van der Waals surface area (Å²) in [5, 5.41) is 0.303. The number of aromatic nitrogens is 1. The van der Waals surface area contributed by atoms with Gasteiger partial charge >= 0.3 is 12.3 Å². The first-order chi connectivity index (χ1) is 17.9. The molecule has 2 heterocycles. The van der Waals surface area contributed by atoms with Gasteiger partial charge in [0.1, 0.15) is 5.82 Å². The molecule has 0 spiro atoms. The van der Waals surface area contributed by atoms with E-state index < -0.39 is 23.8 Å². The van der Waals surface area contributed by atoms with Gasteiger partial charge in [0.15, 0.2) is 0 Å². The van der Waals surface area contributed by atoms with Crippen LogP contribution in [-0.4, -0.2) is 30.3 Å². The van der Waals surface area contributed by atoms with Crippen molar-refractivity contribution in [3.05, 3.63) is 98.1 Å². The number of benzene rings is 2. The zero-order valence-corrected chi connectivity index (χ0v) is 21.8. The Balaban J connectivity index is 1.72. The molecule has 2 amide bonds. The van der Waals surface area contributed by atoms with Crippen LogP contribution in [0.3, 0.4) is 0 Å². The van der Waals surface area contributed by atoms with Crippen LogP contribution in [0.15, 0.2) is 60.8 Å². The number of aryl methyl sites for hydroxylation is 1. The number of hydrogen-bond acceptors (Lipinski definition) is 6. The van der Waals surface area contributed by atoms with E-state index in [0.29, 0.717) is 15.5 Å². The highest BCUT2D eigenvalue weighted by Crippen LogP contribution is 2.48.